The van der Waals surface area contributed by atoms with E-state index >= 15 is 0 Å². The highest BCUT2D eigenvalue weighted by molar-refractivity contribution is 7.12. The summed E-state index contributed by atoms with van der Waals surface area (Å²) in [5.41, 5.74) is 0.857. The van der Waals surface area contributed by atoms with Gasteiger partial charge in [-0.3, -0.25) is 4.79 Å². The lowest BCUT2D eigenvalue weighted by molar-refractivity contribution is -0.124. The predicted octanol–water partition coefficient (Wildman–Crippen LogP) is 2.98. The van der Waals surface area contributed by atoms with Gasteiger partial charge in [0.2, 0.25) is 0 Å². The van der Waals surface area contributed by atoms with Crippen molar-refractivity contribution in [2.45, 2.75) is 20.4 Å². The highest BCUT2D eigenvalue weighted by Gasteiger charge is 2.15. The minimum absolute atomic E-state index is 0.0552. The first kappa shape index (κ1) is 16.2. The number of aryl methyl sites for hydroxylation is 2. The van der Waals surface area contributed by atoms with Crippen LogP contribution < -0.4 is 5.32 Å². The van der Waals surface area contributed by atoms with Crippen LogP contribution in [0.3, 0.4) is 0 Å². The van der Waals surface area contributed by atoms with Crippen molar-refractivity contribution in [2.24, 2.45) is 0 Å². The number of esters is 1. The van der Waals surface area contributed by atoms with E-state index in [1.807, 2.05) is 13.8 Å². The number of nitrogens with one attached hydrogen (secondary N) is 1. The molecule has 0 atom stereocenters. The lowest BCUT2D eigenvalue weighted by atomic mass is 10.2. The summed E-state index contributed by atoms with van der Waals surface area (Å²) < 4.78 is 18.4. The minimum atomic E-state index is -0.525. The molecule has 1 amide bonds. The van der Waals surface area contributed by atoms with E-state index in [0.29, 0.717) is 11.1 Å². The molecule has 2 aromatic rings. The third-order valence-electron chi connectivity index (χ3n) is 3.03. The maximum absolute atomic E-state index is 13.4. The third-order valence-corrected chi connectivity index (χ3v) is 4.00. The summed E-state index contributed by atoms with van der Waals surface area (Å²) in [5, 5.41) is 2.51. The monoisotopic (exact) mass is 321 g/mol. The second kappa shape index (κ2) is 7.17. The number of hydrogen-bond acceptors (Lipinski definition) is 4. The van der Waals surface area contributed by atoms with Crippen LogP contribution >= 0.6 is 11.3 Å². The zero-order valence-electron chi connectivity index (χ0n) is 12.3. The van der Waals surface area contributed by atoms with Gasteiger partial charge in [-0.05, 0) is 26.0 Å². The fraction of sp³-hybridized carbons (Fsp3) is 0.250. The van der Waals surface area contributed by atoms with Gasteiger partial charge in [0.15, 0.2) is 6.61 Å². The van der Waals surface area contributed by atoms with Crippen molar-refractivity contribution in [1.82, 2.24) is 5.32 Å². The number of carbonyl (C=O) groups excluding carboxylic acids is 2. The van der Waals surface area contributed by atoms with Crippen LogP contribution in [0.5, 0.6) is 0 Å². The molecule has 0 bridgehead atoms. The highest BCUT2D eigenvalue weighted by atomic mass is 32.1. The molecule has 22 heavy (non-hydrogen) atoms. The fourth-order valence-electron chi connectivity index (χ4n) is 1.93. The Labute approximate surface area is 131 Å². The first-order chi connectivity index (χ1) is 10.5. The van der Waals surface area contributed by atoms with Crippen LogP contribution in [0.25, 0.3) is 0 Å². The molecule has 0 spiro atoms. The van der Waals surface area contributed by atoms with Gasteiger partial charge < -0.3 is 10.1 Å². The number of carbonyl (C=O) groups is 2. The van der Waals surface area contributed by atoms with Crippen LogP contribution in [-0.2, 0) is 16.1 Å². The van der Waals surface area contributed by atoms with Crippen molar-refractivity contribution >= 4 is 23.2 Å². The van der Waals surface area contributed by atoms with Crippen molar-refractivity contribution in [3.05, 3.63) is 57.0 Å². The Kier molecular flexibility index (Phi) is 5.27. The van der Waals surface area contributed by atoms with Crippen LogP contribution in [-0.4, -0.2) is 18.5 Å². The molecule has 116 valence electrons. The molecule has 1 heterocycles. The van der Waals surface area contributed by atoms with Gasteiger partial charge in [-0.2, -0.15) is 0 Å². The fourth-order valence-corrected chi connectivity index (χ4v) is 2.84. The molecule has 0 aliphatic heterocycles. The van der Waals surface area contributed by atoms with Gasteiger partial charge >= 0.3 is 5.97 Å². The molecule has 2 rings (SSSR count). The molecule has 1 aromatic heterocycles. The number of amides is 1. The highest BCUT2D eigenvalue weighted by Crippen LogP contribution is 2.21. The van der Waals surface area contributed by atoms with E-state index in [1.165, 1.54) is 17.4 Å². The number of benzene rings is 1. The predicted molar refractivity (Wildman–Crippen MR) is 82.3 cm³/mol. The second-order valence-corrected chi connectivity index (χ2v) is 6.23. The Balaban J connectivity index is 1.82. The van der Waals surface area contributed by atoms with E-state index in [-0.39, 0.29) is 19.0 Å². The van der Waals surface area contributed by atoms with Crippen molar-refractivity contribution in [2.75, 3.05) is 6.61 Å². The standard InChI is InChI=1S/C16H16FNO3S/c1-10-7-13(11(2)22-10)16(20)21-9-15(19)18-8-12-5-3-4-6-14(12)17/h3-7H,8-9H2,1-2H3,(H,18,19). The van der Waals surface area contributed by atoms with E-state index in [4.69, 9.17) is 4.74 Å². The quantitative estimate of drug-likeness (QED) is 0.861. The van der Waals surface area contributed by atoms with Gasteiger partial charge in [-0.25, -0.2) is 9.18 Å². The molecule has 0 saturated heterocycles. The summed E-state index contributed by atoms with van der Waals surface area (Å²) >= 11 is 1.50. The van der Waals surface area contributed by atoms with Gasteiger partial charge in [0.1, 0.15) is 5.82 Å². The Morgan fingerprint density at radius 1 is 1.27 bits per heavy atom. The van der Waals surface area contributed by atoms with E-state index in [9.17, 15) is 14.0 Å². The van der Waals surface area contributed by atoms with Crippen LogP contribution in [0.15, 0.2) is 30.3 Å². The van der Waals surface area contributed by atoms with E-state index in [0.717, 1.165) is 9.75 Å². The van der Waals surface area contributed by atoms with Crippen molar-refractivity contribution < 1.29 is 18.7 Å². The molecule has 0 saturated carbocycles. The minimum Gasteiger partial charge on any atom is -0.452 e. The van der Waals surface area contributed by atoms with Crippen molar-refractivity contribution in [3.8, 4) is 0 Å². The van der Waals surface area contributed by atoms with E-state index in [1.54, 1.807) is 24.3 Å². The summed E-state index contributed by atoms with van der Waals surface area (Å²) in [4.78, 5) is 25.4. The first-order valence-corrected chi connectivity index (χ1v) is 7.53. The Bertz CT molecular complexity index is 696. The maximum Gasteiger partial charge on any atom is 0.339 e. The molecule has 1 N–H and O–H groups in total. The van der Waals surface area contributed by atoms with Gasteiger partial charge in [0.25, 0.3) is 5.91 Å². The lowest BCUT2D eigenvalue weighted by Gasteiger charge is -2.07. The summed E-state index contributed by atoms with van der Waals surface area (Å²) in [6.45, 7) is 3.39. The number of hydrogen-bond donors (Lipinski definition) is 1. The lowest BCUT2D eigenvalue weighted by Crippen LogP contribution is -2.28. The van der Waals surface area contributed by atoms with Crippen LogP contribution in [0.4, 0.5) is 4.39 Å². The Morgan fingerprint density at radius 2 is 2.00 bits per heavy atom. The normalized spacial score (nSPS) is 10.3. The molecule has 0 aliphatic carbocycles. The van der Waals surface area contributed by atoms with Crippen LogP contribution in [0.2, 0.25) is 0 Å². The number of halogens is 1. The van der Waals surface area contributed by atoms with Crippen molar-refractivity contribution in [1.29, 1.82) is 0 Å². The summed E-state index contributed by atoms with van der Waals surface area (Å²) in [6, 6.07) is 7.90. The zero-order chi connectivity index (χ0) is 16.1. The number of thiophene rings is 1. The number of ether oxygens (including phenoxy) is 1. The average Bonchev–Trinajstić information content (AvgIpc) is 2.82. The molecular formula is C16H16FNO3S. The Morgan fingerprint density at radius 3 is 2.64 bits per heavy atom. The SMILES string of the molecule is Cc1cc(C(=O)OCC(=O)NCc2ccccc2F)c(C)s1. The van der Waals surface area contributed by atoms with Crippen LogP contribution in [0.1, 0.15) is 25.7 Å². The molecule has 0 radical (unpaired) electrons. The molecule has 0 unspecified atom stereocenters. The van der Waals surface area contributed by atoms with E-state index < -0.39 is 11.9 Å². The molecule has 0 fully saturated rings. The zero-order valence-corrected chi connectivity index (χ0v) is 13.1. The largest absolute Gasteiger partial charge is 0.452 e. The molecule has 1 aromatic carbocycles. The first-order valence-electron chi connectivity index (χ1n) is 6.71. The summed E-state index contributed by atoms with van der Waals surface area (Å²) in [7, 11) is 0. The third kappa shape index (κ3) is 4.14. The maximum atomic E-state index is 13.4. The van der Waals surface area contributed by atoms with E-state index in [2.05, 4.69) is 5.32 Å². The van der Waals surface area contributed by atoms with Gasteiger partial charge in [-0.15, -0.1) is 11.3 Å². The topological polar surface area (TPSA) is 55.4 Å². The second-order valence-electron chi connectivity index (χ2n) is 4.77. The molecule has 4 nitrogen and oxygen atoms in total. The van der Waals surface area contributed by atoms with Crippen molar-refractivity contribution in [3.63, 3.8) is 0 Å². The van der Waals surface area contributed by atoms with Gasteiger partial charge in [0.05, 0.1) is 5.56 Å². The summed E-state index contributed by atoms with van der Waals surface area (Å²) in [5.74, 6) is -1.38. The van der Waals surface area contributed by atoms with Gasteiger partial charge in [-0.1, -0.05) is 18.2 Å². The number of rotatable bonds is 5. The summed E-state index contributed by atoms with van der Waals surface area (Å²) in [6.07, 6.45) is 0. The van der Waals surface area contributed by atoms with Gasteiger partial charge in [0, 0.05) is 21.9 Å². The Hall–Kier alpha value is -2.21. The molecular weight excluding hydrogens is 305 g/mol. The molecule has 6 heteroatoms. The smallest absolute Gasteiger partial charge is 0.339 e. The molecule has 0 aliphatic rings. The van der Waals surface area contributed by atoms with Crippen LogP contribution in [0, 0.1) is 19.7 Å². The average molecular weight is 321 g/mol.